The molecule has 1 aliphatic carbocycles. The number of hydrogen-bond donors (Lipinski definition) is 2. The van der Waals surface area contributed by atoms with Crippen LogP contribution >= 0.6 is 0 Å². The van der Waals surface area contributed by atoms with E-state index in [0.29, 0.717) is 47.0 Å². The zero-order chi connectivity index (χ0) is 30.7. The van der Waals surface area contributed by atoms with Gasteiger partial charge in [-0.25, -0.2) is 4.39 Å². The van der Waals surface area contributed by atoms with Gasteiger partial charge in [0, 0.05) is 48.4 Å². The maximum atomic E-state index is 16.0. The number of carbonyl (C=O) groups excluding carboxylic acids is 1. The van der Waals surface area contributed by atoms with Gasteiger partial charge in [-0.05, 0) is 80.8 Å². The molecule has 0 radical (unpaired) electrons. The molecule has 0 bridgehead atoms. The van der Waals surface area contributed by atoms with Crippen molar-refractivity contribution in [2.45, 2.75) is 37.9 Å². The first-order valence-corrected chi connectivity index (χ1v) is 16.1. The van der Waals surface area contributed by atoms with Gasteiger partial charge in [0.1, 0.15) is 23.5 Å². The van der Waals surface area contributed by atoms with Gasteiger partial charge >= 0.3 is 0 Å². The second kappa shape index (κ2) is 11.3. The Morgan fingerprint density at radius 3 is 2.29 bits per heavy atom. The second-order valence-corrected chi connectivity index (χ2v) is 12.6. The molecule has 2 unspecified atom stereocenters. The number of alkyl halides is 1. The van der Waals surface area contributed by atoms with Crippen LogP contribution in [0.25, 0.3) is 44.2 Å². The SMILES string of the molecule is O=C(NCCN1CCCC1)c1cn2c3c(oc4cc5c(=O)c6ccccc6c5cc42)C(NCCN2CCCC2)C(F)C=c3c1=O. The van der Waals surface area contributed by atoms with Crippen molar-refractivity contribution in [3.8, 4) is 0 Å². The lowest BCUT2D eigenvalue weighted by atomic mass is 9.98. The van der Waals surface area contributed by atoms with Crippen molar-refractivity contribution in [3.63, 3.8) is 0 Å². The van der Waals surface area contributed by atoms with E-state index < -0.39 is 23.5 Å². The summed E-state index contributed by atoms with van der Waals surface area (Å²) < 4.78 is 24.2. The summed E-state index contributed by atoms with van der Waals surface area (Å²) >= 11 is 0. The summed E-state index contributed by atoms with van der Waals surface area (Å²) in [6.07, 6.45) is 5.96. The number of halogens is 1. The molecule has 3 aliphatic rings. The third-order valence-corrected chi connectivity index (χ3v) is 9.84. The normalized spacial score (nSPS) is 20.6. The van der Waals surface area contributed by atoms with E-state index in [-0.39, 0.29) is 22.0 Å². The fourth-order valence-electron chi connectivity index (χ4n) is 7.50. The Bertz CT molecular complexity index is 2150. The molecule has 5 aromatic rings. The van der Waals surface area contributed by atoms with Crippen molar-refractivity contribution in [1.29, 1.82) is 0 Å². The van der Waals surface area contributed by atoms with Crippen LogP contribution in [-0.2, 0) is 0 Å². The Morgan fingerprint density at radius 2 is 1.56 bits per heavy atom. The molecule has 2 saturated heterocycles. The summed E-state index contributed by atoms with van der Waals surface area (Å²) in [5, 5.41) is 9.07. The number of nitrogens with one attached hydrogen (secondary N) is 2. The molecule has 2 atom stereocenters. The highest BCUT2D eigenvalue weighted by atomic mass is 19.1. The Balaban J connectivity index is 1.28. The third-order valence-electron chi connectivity index (χ3n) is 9.84. The summed E-state index contributed by atoms with van der Waals surface area (Å²) in [5.74, 6) is -0.202. The van der Waals surface area contributed by atoms with E-state index in [9.17, 15) is 14.4 Å². The van der Waals surface area contributed by atoms with Crippen LogP contribution in [0.2, 0.25) is 0 Å². The van der Waals surface area contributed by atoms with Gasteiger partial charge in [-0.15, -0.1) is 0 Å². The predicted octanol–water partition coefficient (Wildman–Crippen LogP) is 3.12. The summed E-state index contributed by atoms with van der Waals surface area (Å²) in [5.41, 5.74) is 0.736. The summed E-state index contributed by atoms with van der Waals surface area (Å²) in [4.78, 5) is 45.3. The van der Waals surface area contributed by atoms with Crippen LogP contribution in [0.5, 0.6) is 0 Å². The van der Waals surface area contributed by atoms with Crippen molar-refractivity contribution in [3.05, 3.63) is 79.6 Å². The van der Waals surface area contributed by atoms with Crippen LogP contribution in [0.4, 0.5) is 4.39 Å². The minimum Gasteiger partial charge on any atom is -0.455 e. The fourth-order valence-corrected chi connectivity index (χ4v) is 7.50. The van der Waals surface area contributed by atoms with E-state index in [0.717, 1.165) is 56.3 Å². The summed E-state index contributed by atoms with van der Waals surface area (Å²) in [6.45, 7) is 6.53. The molecule has 232 valence electrons. The molecular weight excluding hydrogens is 573 g/mol. The number of aromatic nitrogens is 1. The zero-order valence-corrected chi connectivity index (χ0v) is 25.1. The Kier molecular flexibility index (Phi) is 7.15. The van der Waals surface area contributed by atoms with Gasteiger partial charge in [0.05, 0.1) is 11.0 Å². The lowest BCUT2D eigenvalue weighted by Crippen LogP contribution is -2.44. The molecule has 2 aliphatic heterocycles. The van der Waals surface area contributed by atoms with Gasteiger partial charge in [-0.3, -0.25) is 14.4 Å². The Morgan fingerprint density at radius 1 is 0.867 bits per heavy atom. The van der Waals surface area contributed by atoms with E-state index in [4.69, 9.17) is 4.42 Å². The van der Waals surface area contributed by atoms with Crippen LogP contribution in [-0.4, -0.2) is 78.6 Å². The van der Waals surface area contributed by atoms with E-state index in [1.54, 1.807) is 22.7 Å². The first-order chi connectivity index (χ1) is 22.0. The fraction of sp³-hybridized carbons (Fsp3) is 0.400. The number of nitrogens with zero attached hydrogens (tertiary/aromatic N) is 3. The molecular formula is C35H36FN5O4. The molecule has 8 rings (SSSR count). The standard InChI is InChI=1S/C35H36FN5O4/c36-27-17-25-31-34(30(27)37-9-15-39-11-3-4-12-39)45-29-19-24-23(21-7-1-2-8-22(21)32(24)42)18-28(29)41(31)20-26(33(25)43)35(44)38-10-16-40-13-5-6-14-40/h1-2,7-8,17-20,27,30,37H,3-6,9-16H2,(H,38,44). The van der Waals surface area contributed by atoms with Crippen LogP contribution < -0.4 is 26.7 Å². The number of amides is 1. The van der Waals surface area contributed by atoms with E-state index >= 15 is 4.39 Å². The first kappa shape index (κ1) is 28.4. The van der Waals surface area contributed by atoms with Gasteiger partial charge in [0.25, 0.3) is 5.91 Å². The quantitative estimate of drug-likeness (QED) is 0.261. The molecule has 1 amide bonds. The highest BCUT2D eigenvalue weighted by molar-refractivity contribution is 6.14. The number of carbonyl (C=O) groups is 1. The van der Waals surface area contributed by atoms with Crippen LogP contribution in [0.1, 0.15) is 47.8 Å². The number of rotatable bonds is 8. The first-order valence-electron chi connectivity index (χ1n) is 16.1. The number of hydrogen-bond acceptors (Lipinski definition) is 7. The number of fused-ring (bicyclic) bond motifs is 5. The smallest absolute Gasteiger partial charge is 0.256 e. The lowest BCUT2D eigenvalue weighted by Gasteiger charge is -2.27. The monoisotopic (exact) mass is 609 g/mol. The van der Waals surface area contributed by atoms with Gasteiger partial charge in [-0.1, -0.05) is 24.3 Å². The van der Waals surface area contributed by atoms with Crippen molar-refractivity contribution in [1.82, 2.24) is 24.8 Å². The van der Waals surface area contributed by atoms with Crippen LogP contribution in [0, 0.1) is 0 Å². The minimum absolute atomic E-state index is 0.0526. The highest BCUT2D eigenvalue weighted by Gasteiger charge is 2.33. The number of pyridine rings is 1. The molecule has 3 aromatic carbocycles. The van der Waals surface area contributed by atoms with Gasteiger partial charge in [0.2, 0.25) is 5.43 Å². The van der Waals surface area contributed by atoms with E-state index in [2.05, 4.69) is 20.4 Å². The summed E-state index contributed by atoms with van der Waals surface area (Å²) in [7, 11) is 0. The van der Waals surface area contributed by atoms with Crippen molar-refractivity contribution in [2.24, 2.45) is 0 Å². The Labute approximate surface area is 258 Å². The van der Waals surface area contributed by atoms with Gasteiger partial charge in [0.15, 0.2) is 11.0 Å². The van der Waals surface area contributed by atoms with Gasteiger partial charge in [-0.2, -0.15) is 0 Å². The van der Waals surface area contributed by atoms with E-state index in [1.165, 1.54) is 18.9 Å². The molecule has 2 N–H and O–H groups in total. The van der Waals surface area contributed by atoms with E-state index in [1.807, 2.05) is 24.3 Å². The van der Waals surface area contributed by atoms with Crippen molar-refractivity contribution < 1.29 is 13.6 Å². The van der Waals surface area contributed by atoms with Crippen LogP contribution in [0.15, 0.2) is 56.6 Å². The maximum Gasteiger partial charge on any atom is 0.256 e. The maximum absolute atomic E-state index is 16.0. The van der Waals surface area contributed by atoms with Crippen LogP contribution in [0.3, 0.4) is 0 Å². The molecule has 0 spiro atoms. The molecule has 45 heavy (non-hydrogen) atoms. The Hall–Kier alpha value is -4.12. The molecule has 2 fully saturated rings. The molecule has 9 nitrogen and oxygen atoms in total. The highest BCUT2D eigenvalue weighted by Crippen LogP contribution is 2.34. The zero-order valence-electron chi connectivity index (χ0n) is 25.1. The molecule has 2 aromatic heterocycles. The molecule has 10 heteroatoms. The number of likely N-dealkylation sites (tertiary alicyclic amines) is 2. The van der Waals surface area contributed by atoms with Crippen molar-refractivity contribution in [2.75, 3.05) is 52.4 Å². The minimum atomic E-state index is -1.55. The summed E-state index contributed by atoms with van der Waals surface area (Å²) in [6, 6.07) is 10.2. The van der Waals surface area contributed by atoms with Crippen molar-refractivity contribution >= 4 is 50.1 Å². The largest absolute Gasteiger partial charge is 0.455 e. The lowest BCUT2D eigenvalue weighted by molar-refractivity contribution is 0.0948. The topological polar surface area (TPSA) is 99.3 Å². The average Bonchev–Trinajstić information content (AvgIpc) is 3.82. The van der Waals surface area contributed by atoms with Gasteiger partial charge < -0.3 is 29.3 Å². The molecule has 4 heterocycles. The second-order valence-electron chi connectivity index (χ2n) is 12.6. The number of benzene rings is 2. The third kappa shape index (κ3) is 4.83. The average molecular weight is 610 g/mol. The molecule has 0 saturated carbocycles. The predicted molar refractivity (Wildman–Crippen MR) is 174 cm³/mol.